The van der Waals surface area contributed by atoms with Gasteiger partial charge in [0, 0.05) is 11.1 Å². The molecular formula is C21H14N2O3. The zero-order valence-corrected chi connectivity index (χ0v) is 13.7. The van der Waals surface area contributed by atoms with Crippen molar-refractivity contribution in [1.82, 2.24) is 10.1 Å². The summed E-state index contributed by atoms with van der Waals surface area (Å²) in [6, 6.07) is 25.4. The highest BCUT2D eigenvalue weighted by molar-refractivity contribution is 5.91. The van der Waals surface area contributed by atoms with Gasteiger partial charge in [0.1, 0.15) is 5.75 Å². The van der Waals surface area contributed by atoms with E-state index in [2.05, 4.69) is 10.1 Å². The molecule has 0 saturated carbocycles. The average Bonchev–Trinajstić information content (AvgIpc) is 3.20. The summed E-state index contributed by atoms with van der Waals surface area (Å²) in [5.41, 5.74) is 2.06. The average molecular weight is 342 g/mol. The van der Waals surface area contributed by atoms with Crippen LogP contribution in [-0.2, 0) is 0 Å². The molecule has 0 fully saturated rings. The molecule has 0 unspecified atom stereocenters. The van der Waals surface area contributed by atoms with Gasteiger partial charge in [0.05, 0.1) is 5.56 Å². The maximum absolute atomic E-state index is 12.2. The summed E-state index contributed by atoms with van der Waals surface area (Å²) in [4.78, 5) is 16.6. The van der Waals surface area contributed by atoms with Gasteiger partial charge in [0.15, 0.2) is 0 Å². The van der Waals surface area contributed by atoms with Gasteiger partial charge in [-0.15, -0.1) is 0 Å². The number of carbonyl (C=O) groups excluding carboxylic acids is 1. The Balaban J connectivity index is 1.51. The number of benzene rings is 3. The number of esters is 1. The summed E-state index contributed by atoms with van der Waals surface area (Å²) in [5.74, 6) is 1.01. The van der Waals surface area contributed by atoms with Crippen molar-refractivity contribution in [3.63, 3.8) is 0 Å². The molecule has 0 atom stereocenters. The van der Waals surface area contributed by atoms with Gasteiger partial charge in [-0.1, -0.05) is 53.7 Å². The Morgan fingerprint density at radius 3 is 2.12 bits per heavy atom. The molecule has 0 aliphatic carbocycles. The van der Waals surface area contributed by atoms with Crippen molar-refractivity contribution in [3.8, 4) is 28.6 Å². The van der Waals surface area contributed by atoms with Crippen molar-refractivity contribution >= 4 is 5.97 Å². The number of hydrogen-bond donors (Lipinski definition) is 0. The van der Waals surface area contributed by atoms with Crippen LogP contribution >= 0.6 is 0 Å². The van der Waals surface area contributed by atoms with Crippen molar-refractivity contribution in [3.05, 3.63) is 90.5 Å². The van der Waals surface area contributed by atoms with Gasteiger partial charge in [-0.05, 0) is 36.4 Å². The van der Waals surface area contributed by atoms with Gasteiger partial charge in [-0.2, -0.15) is 4.98 Å². The second kappa shape index (κ2) is 7.03. The Labute approximate surface area is 149 Å². The predicted octanol–water partition coefficient (Wildman–Crippen LogP) is 4.62. The molecule has 0 radical (unpaired) electrons. The van der Waals surface area contributed by atoms with Gasteiger partial charge < -0.3 is 9.26 Å². The highest BCUT2D eigenvalue weighted by Crippen LogP contribution is 2.22. The number of ether oxygens (including phenoxy) is 1. The summed E-state index contributed by atoms with van der Waals surface area (Å²) in [6.45, 7) is 0. The van der Waals surface area contributed by atoms with E-state index in [1.165, 1.54) is 0 Å². The molecule has 26 heavy (non-hydrogen) atoms. The summed E-state index contributed by atoms with van der Waals surface area (Å²) >= 11 is 0. The molecular weight excluding hydrogens is 328 g/mol. The molecule has 4 rings (SSSR count). The van der Waals surface area contributed by atoms with E-state index in [9.17, 15) is 4.79 Å². The predicted molar refractivity (Wildman–Crippen MR) is 96.6 cm³/mol. The summed E-state index contributed by atoms with van der Waals surface area (Å²) < 4.78 is 10.6. The molecule has 3 aromatic carbocycles. The van der Waals surface area contributed by atoms with E-state index in [0.717, 1.165) is 11.1 Å². The third-order valence-electron chi connectivity index (χ3n) is 3.78. The standard InChI is InChI=1S/C21H14N2O3/c24-21(25-18-9-5-2-6-10-18)17-13-11-15(12-14-17)19-22-20(26-23-19)16-7-3-1-4-8-16/h1-14H. The van der Waals surface area contributed by atoms with E-state index in [1.54, 1.807) is 36.4 Å². The van der Waals surface area contributed by atoms with Crippen molar-refractivity contribution in [2.24, 2.45) is 0 Å². The second-order valence-corrected chi connectivity index (χ2v) is 5.57. The minimum Gasteiger partial charge on any atom is -0.423 e. The second-order valence-electron chi connectivity index (χ2n) is 5.57. The van der Waals surface area contributed by atoms with Crippen LogP contribution in [0.2, 0.25) is 0 Å². The quantitative estimate of drug-likeness (QED) is 0.400. The van der Waals surface area contributed by atoms with Crippen molar-refractivity contribution in [1.29, 1.82) is 0 Å². The topological polar surface area (TPSA) is 65.2 Å². The minimum absolute atomic E-state index is 0.416. The van der Waals surface area contributed by atoms with Crippen LogP contribution in [0, 0.1) is 0 Å². The molecule has 5 nitrogen and oxygen atoms in total. The van der Waals surface area contributed by atoms with Crippen LogP contribution in [0.4, 0.5) is 0 Å². The van der Waals surface area contributed by atoms with Crippen LogP contribution in [0.15, 0.2) is 89.5 Å². The minimum atomic E-state index is -0.416. The third-order valence-corrected chi connectivity index (χ3v) is 3.78. The van der Waals surface area contributed by atoms with Gasteiger partial charge >= 0.3 is 5.97 Å². The summed E-state index contributed by atoms with van der Waals surface area (Å²) in [6.07, 6.45) is 0. The van der Waals surface area contributed by atoms with E-state index < -0.39 is 5.97 Å². The fourth-order valence-corrected chi connectivity index (χ4v) is 2.45. The van der Waals surface area contributed by atoms with Crippen LogP contribution in [0.25, 0.3) is 22.8 Å². The monoisotopic (exact) mass is 342 g/mol. The van der Waals surface area contributed by atoms with Crippen LogP contribution in [0.3, 0.4) is 0 Å². The molecule has 1 aromatic heterocycles. The first-order valence-electron chi connectivity index (χ1n) is 8.06. The molecule has 126 valence electrons. The molecule has 0 spiro atoms. The number of para-hydroxylation sites is 1. The van der Waals surface area contributed by atoms with E-state index in [4.69, 9.17) is 9.26 Å². The fourth-order valence-electron chi connectivity index (χ4n) is 2.45. The highest BCUT2D eigenvalue weighted by atomic mass is 16.5. The number of nitrogens with zero attached hydrogens (tertiary/aromatic N) is 2. The van der Waals surface area contributed by atoms with Gasteiger partial charge in [-0.25, -0.2) is 4.79 Å². The molecule has 0 saturated heterocycles. The lowest BCUT2D eigenvalue weighted by atomic mass is 10.1. The number of hydrogen-bond acceptors (Lipinski definition) is 5. The van der Waals surface area contributed by atoms with Gasteiger partial charge in [0.25, 0.3) is 5.89 Å². The first-order valence-corrected chi connectivity index (χ1v) is 8.06. The normalized spacial score (nSPS) is 10.5. The van der Waals surface area contributed by atoms with Crippen LogP contribution in [0.1, 0.15) is 10.4 Å². The Hall–Kier alpha value is -3.73. The summed E-state index contributed by atoms with van der Waals surface area (Å²) in [7, 11) is 0. The number of carbonyl (C=O) groups is 1. The Kier molecular flexibility index (Phi) is 4.26. The van der Waals surface area contributed by atoms with Crippen LogP contribution in [-0.4, -0.2) is 16.1 Å². The molecule has 0 aliphatic rings. The maximum Gasteiger partial charge on any atom is 0.343 e. The van der Waals surface area contributed by atoms with Crippen molar-refractivity contribution in [2.45, 2.75) is 0 Å². The highest BCUT2D eigenvalue weighted by Gasteiger charge is 2.12. The zero-order valence-electron chi connectivity index (χ0n) is 13.7. The van der Waals surface area contributed by atoms with Crippen LogP contribution < -0.4 is 4.74 Å². The molecule has 5 heteroatoms. The Bertz CT molecular complexity index is 1010. The summed E-state index contributed by atoms with van der Waals surface area (Å²) in [5, 5.41) is 4.00. The van der Waals surface area contributed by atoms with E-state index >= 15 is 0 Å². The largest absolute Gasteiger partial charge is 0.423 e. The lowest BCUT2D eigenvalue weighted by Gasteiger charge is -2.04. The molecule has 4 aromatic rings. The zero-order chi connectivity index (χ0) is 17.8. The molecule has 0 N–H and O–H groups in total. The molecule has 0 bridgehead atoms. The third kappa shape index (κ3) is 3.37. The van der Waals surface area contributed by atoms with Crippen molar-refractivity contribution in [2.75, 3.05) is 0 Å². The first-order chi connectivity index (χ1) is 12.8. The van der Waals surface area contributed by atoms with E-state index in [-0.39, 0.29) is 0 Å². The Morgan fingerprint density at radius 2 is 1.42 bits per heavy atom. The van der Waals surface area contributed by atoms with Gasteiger partial charge in [-0.3, -0.25) is 0 Å². The smallest absolute Gasteiger partial charge is 0.343 e. The lowest BCUT2D eigenvalue weighted by Crippen LogP contribution is -2.08. The first kappa shape index (κ1) is 15.8. The number of rotatable bonds is 4. The molecule has 1 heterocycles. The van der Waals surface area contributed by atoms with E-state index in [1.807, 2.05) is 48.5 Å². The SMILES string of the molecule is O=C(Oc1ccccc1)c1ccc(-c2noc(-c3ccccc3)n2)cc1. The molecule has 0 aliphatic heterocycles. The van der Waals surface area contributed by atoms with Crippen molar-refractivity contribution < 1.29 is 14.1 Å². The van der Waals surface area contributed by atoms with Gasteiger partial charge in [0.2, 0.25) is 5.82 Å². The maximum atomic E-state index is 12.2. The lowest BCUT2D eigenvalue weighted by molar-refractivity contribution is 0.0735. The number of aromatic nitrogens is 2. The Morgan fingerprint density at radius 1 is 0.769 bits per heavy atom. The van der Waals surface area contributed by atoms with E-state index in [0.29, 0.717) is 23.0 Å². The van der Waals surface area contributed by atoms with Crippen LogP contribution in [0.5, 0.6) is 5.75 Å². The molecule has 0 amide bonds. The fraction of sp³-hybridized carbons (Fsp3) is 0.